The lowest BCUT2D eigenvalue weighted by atomic mass is 10.1. The van der Waals surface area contributed by atoms with Gasteiger partial charge in [-0.2, -0.15) is 10.2 Å². The van der Waals surface area contributed by atoms with Crippen molar-refractivity contribution in [1.29, 1.82) is 0 Å². The van der Waals surface area contributed by atoms with Gasteiger partial charge in [-0.05, 0) is 6.42 Å². The third-order valence-corrected chi connectivity index (χ3v) is 3.07. The Kier molecular flexibility index (Phi) is 4.16. The second-order valence-corrected chi connectivity index (χ2v) is 4.08. The van der Waals surface area contributed by atoms with Crippen LogP contribution in [0.25, 0.3) is 0 Å². The molecule has 0 bridgehead atoms. The number of methoxy groups -OCH3 is 1. The van der Waals surface area contributed by atoms with Crippen LogP contribution in [0, 0.1) is 20.5 Å². The Labute approximate surface area is 102 Å². The summed E-state index contributed by atoms with van der Waals surface area (Å²) in [6, 6.07) is -3.54. The summed E-state index contributed by atoms with van der Waals surface area (Å²) >= 11 is 0. The van der Waals surface area contributed by atoms with E-state index in [-0.39, 0.29) is 23.7 Å². The molecule has 0 aromatic carbocycles. The van der Waals surface area contributed by atoms with Crippen LogP contribution < -0.4 is 5.43 Å². The van der Waals surface area contributed by atoms with Gasteiger partial charge in [-0.25, -0.2) is 15.6 Å². The lowest BCUT2D eigenvalue weighted by Gasteiger charge is -2.51. The summed E-state index contributed by atoms with van der Waals surface area (Å²) in [4.78, 5) is 14.9. The number of fused-ring (bicyclic) bond motifs is 1. The highest BCUT2D eigenvalue weighted by Gasteiger charge is 2.48. The molecule has 1 aliphatic carbocycles. The molecule has 11 nitrogen and oxygen atoms in total. The minimum atomic E-state index is -1.01. The lowest BCUT2D eigenvalue weighted by Crippen LogP contribution is -2.64. The van der Waals surface area contributed by atoms with E-state index in [0.717, 1.165) is 0 Å². The summed E-state index contributed by atoms with van der Waals surface area (Å²) in [6.07, 6.45) is 0.0502. The molecule has 2 aliphatic rings. The van der Waals surface area contributed by atoms with E-state index >= 15 is 0 Å². The normalized spacial score (nSPS) is 38.1. The number of nitroso groups, excluding NO2 is 1. The maximum Gasteiger partial charge on any atom is 0.112 e. The van der Waals surface area contributed by atoms with E-state index < -0.39 is 24.2 Å². The fraction of sp³-hybridized carbons (Fsp3) is 1.00. The van der Waals surface area contributed by atoms with E-state index in [2.05, 4.69) is 20.3 Å². The van der Waals surface area contributed by atoms with Gasteiger partial charge < -0.3 is 25.4 Å². The summed E-state index contributed by atoms with van der Waals surface area (Å²) in [5.41, 5.74) is 2.28. The molecule has 0 aromatic heterocycles. The minimum absolute atomic E-state index is 0.000869. The third kappa shape index (κ3) is 2.35. The molecule has 2 rings (SSSR count). The molecule has 4 atom stereocenters. The maximum atomic E-state index is 11.7. The molecular weight excluding hydrogens is 250 g/mol. The van der Waals surface area contributed by atoms with Crippen molar-refractivity contribution in [2.24, 2.45) is 5.18 Å². The molecule has 1 saturated carbocycles. The van der Waals surface area contributed by atoms with Gasteiger partial charge in [0.25, 0.3) is 0 Å². The highest BCUT2D eigenvalue weighted by molar-refractivity contribution is 5.07. The van der Waals surface area contributed by atoms with Crippen molar-refractivity contribution >= 4 is 0 Å². The van der Waals surface area contributed by atoms with Crippen molar-refractivity contribution in [3.8, 4) is 0 Å². The summed E-state index contributed by atoms with van der Waals surface area (Å²) in [5, 5.41) is 37.4. The van der Waals surface area contributed by atoms with Crippen LogP contribution in [-0.2, 0) is 9.68 Å². The smallest absolute Gasteiger partial charge is 0.112 e. The molecule has 11 heteroatoms. The third-order valence-electron chi connectivity index (χ3n) is 3.07. The number of ether oxygens (including phenoxy) is 1. The first kappa shape index (κ1) is 13.7. The molecule has 1 aliphatic heterocycles. The number of nitrogens with zero attached hydrogens (tertiary/aromatic N) is 4. The predicted octanol–water partition coefficient (Wildman–Crippen LogP) is -1.00. The van der Waals surface area contributed by atoms with Crippen LogP contribution in [0.15, 0.2) is 5.18 Å². The van der Waals surface area contributed by atoms with Gasteiger partial charge in [0, 0.05) is 13.2 Å². The summed E-state index contributed by atoms with van der Waals surface area (Å²) < 4.78 is 4.68. The number of hydrogen-bond acceptors (Lipinski definition) is 11. The zero-order valence-corrected chi connectivity index (χ0v) is 9.46. The van der Waals surface area contributed by atoms with Gasteiger partial charge in [-0.3, -0.25) is 0 Å². The number of nitrogens with one attached hydrogen (secondary N) is 1. The monoisotopic (exact) mass is 262 g/mol. The molecule has 0 amide bonds. The summed E-state index contributed by atoms with van der Waals surface area (Å²) in [5.74, 6) is 0. The standard InChI is InChI=1S/C7H12N5O6/c1-17-3-10(14)5-2-4(9-13)7-6(5)8-12(16)18-11(7)15/h4-8H,2-3H2,1H3/q-3. The van der Waals surface area contributed by atoms with Crippen LogP contribution in [-0.4, -0.2) is 53.6 Å². The van der Waals surface area contributed by atoms with E-state index in [4.69, 9.17) is 0 Å². The first-order valence-corrected chi connectivity index (χ1v) is 5.21. The van der Waals surface area contributed by atoms with E-state index in [1.165, 1.54) is 7.11 Å². The Hall–Kier alpha value is -0.760. The van der Waals surface area contributed by atoms with E-state index in [1.54, 1.807) is 0 Å². The van der Waals surface area contributed by atoms with Crippen molar-refractivity contribution in [1.82, 2.24) is 21.1 Å². The molecule has 2 fully saturated rings. The second-order valence-electron chi connectivity index (χ2n) is 4.08. The fourth-order valence-corrected chi connectivity index (χ4v) is 2.33. The van der Waals surface area contributed by atoms with Gasteiger partial charge >= 0.3 is 0 Å². The zero-order valence-electron chi connectivity index (χ0n) is 9.46. The topological polar surface area (TPSA) is 139 Å². The van der Waals surface area contributed by atoms with Crippen molar-refractivity contribution < 1.29 is 9.68 Å². The molecule has 1 heterocycles. The van der Waals surface area contributed by atoms with Gasteiger partial charge in [0.1, 0.15) is 6.04 Å². The van der Waals surface area contributed by atoms with Crippen LogP contribution in [0.4, 0.5) is 0 Å². The molecular formula is C7H12N5O6-3. The van der Waals surface area contributed by atoms with Crippen LogP contribution >= 0.6 is 0 Å². The van der Waals surface area contributed by atoms with Crippen molar-refractivity contribution in [2.75, 3.05) is 13.8 Å². The number of hydrazine groups is 1. The van der Waals surface area contributed by atoms with Crippen molar-refractivity contribution in [3.63, 3.8) is 0 Å². The Morgan fingerprint density at radius 3 is 2.94 bits per heavy atom. The van der Waals surface area contributed by atoms with Gasteiger partial charge in [0.15, 0.2) is 0 Å². The maximum absolute atomic E-state index is 11.7. The molecule has 0 spiro atoms. The van der Waals surface area contributed by atoms with Crippen LogP contribution in [0.1, 0.15) is 6.42 Å². The van der Waals surface area contributed by atoms with Crippen molar-refractivity contribution in [2.45, 2.75) is 30.6 Å². The number of hydroxylamine groups is 4. The Morgan fingerprint density at radius 1 is 1.61 bits per heavy atom. The Balaban J connectivity index is 2.15. The zero-order chi connectivity index (χ0) is 13.3. The lowest BCUT2D eigenvalue weighted by molar-refractivity contribution is -0.353. The second kappa shape index (κ2) is 5.48. The molecule has 1 N–H and O–H groups in total. The molecule has 0 radical (unpaired) electrons. The average Bonchev–Trinajstić information content (AvgIpc) is 2.68. The summed E-state index contributed by atoms with van der Waals surface area (Å²) in [7, 11) is 1.34. The van der Waals surface area contributed by atoms with Gasteiger partial charge in [0.2, 0.25) is 0 Å². The first-order valence-electron chi connectivity index (χ1n) is 5.21. The molecule has 4 unspecified atom stereocenters. The van der Waals surface area contributed by atoms with E-state index in [9.17, 15) is 20.5 Å². The Bertz CT molecular complexity index is 308. The first-order chi connectivity index (χ1) is 8.58. The average molecular weight is 262 g/mol. The quantitative estimate of drug-likeness (QED) is 0.381. The van der Waals surface area contributed by atoms with Crippen LogP contribution in [0.2, 0.25) is 0 Å². The van der Waals surface area contributed by atoms with Crippen molar-refractivity contribution in [3.05, 3.63) is 20.5 Å². The molecule has 1 saturated heterocycles. The molecule has 0 aromatic rings. The fourth-order valence-electron chi connectivity index (χ4n) is 2.33. The largest absolute Gasteiger partial charge is 0.783 e. The highest BCUT2D eigenvalue weighted by atomic mass is 17.1. The highest BCUT2D eigenvalue weighted by Crippen LogP contribution is 2.33. The van der Waals surface area contributed by atoms with Gasteiger partial charge in [0.05, 0.1) is 18.8 Å². The van der Waals surface area contributed by atoms with E-state index in [0.29, 0.717) is 5.06 Å². The van der Waals surface area contributed by atoms with Crippen LogP contribution in [0.5, 0.6) is 0 Å². The number of rotatable bonds is 4. The predicted molar refractivity (Wildman–Crippen MR) is 57.3 cm³/mol. The van der Waals surface area contributed by atoms with E-state index in [1.807, 2.05) is 0 Å². The van der Waals surface area contributed by atoms with Gasteiger partial charge in [-0.15, -0.1) is 0 Å². The van der Waals surface area contributed by atoms with Crippen LogP contribution in [0.3, 0.4) is 0 Å². The Morgan fingerprint density at radius 2 is 2.33 bits per heavy atom. The molecule has 104 valence electrons. The SMILES string of the molecule is COCN([O-])C1CC(N=O)C2C1NN([O-])ON2[O-]. The minimum Gasteiger partial charge on any atom is -0.783 e. The molecule has 18 heavy (non-hydrogen) atoms. The van der Waals surface area contributed by atoms with Gasteiger partial charge in [-0.1, -0.05) is 5.18 Å². The summed E-state index contributed by atoms with van der Waals surface area (Å²) in [6.45, 7) is -0.236. The number of hydrogen-bond donors (Lipinski definition) is 1.